The third-order valence-corrected chi connectivity index (χ3v) is 5.11. The number of para-hydroxylation sites is 2. The van der Waals surface area contributed by atoms with Gasteiger partial charge in [-0.3, -0.25) is 14.5 Å². The first-order valence-electron chi connectivity index (χ1n) is 11.7. The maximum absolute atomic E-state index is 12.5. The molecule has 0 spiro atoms. The molecule has 1 heterocycles. The van der Waals surface area contributed by atoms with E-state index in [0.29, 0.717) is 24.7 Å². The smallest absolute Gasteiger partial charge is 0.410 e. The van der Waals surface area contributed by atoms with Crippen LogP contribution in [0.5, 0.6) is 11.5 Å². The second kappa shape index (κ2) is 12.6. The van der Waals surface area contributed by atoms with Crippen molar-refractivity contribution >= 4 is 23.7 Å². The van der Waals surface area contributed by atoms with Gasteiger partial charge in [-0.25, -0.2) is 4.79 Å². The number of ether oxygens (including phenoxy) is 4. The summed E-state index contributed by atoms with van der Waals surface area (Å²) in [5.74, 6) is 0.876. The zero-order chi connectivity index (χ0) is 25.2. The topological polar surface area (TPSA) is 94.6 Å². The zero-order valence-electron chi connectivity index (χ0n) is 20.4. The monoisotopic (exact) mass is 484 g/mol. The molecule has 0 N–H and O–H groups in total. The first-order chi connectivity index (χ1) is 16.9. The minimum Gasteiger partial charge on any atom is -0.492 e. The first-order valence-corrected chi connectivity index (χ1v) is 11.7. The fourth-order valence-electron chi connectivity index (χ4n) is 3.44. The number of hydrogen-bond donors (Lipinski definition) is 0. The molecule has 0 atom stereocenters. The Labute approximate surface area is 205 Å². The molecule has 0 radical (unpaired) electrons. The van der Waals surface area contributed by atoms with Crippen molar-refractivity contribution in [3.63, 3.8) is 0 Å². The second-order valence-electron chi connectivity index (χ2n) is 8.43. The van der Waals surface area contributed by atoms with Gasteiger partial charge in [0.2, 0.25) is 0 Å². The Morgan fingerprint density at radius 3 is 2.54 bits per heavy atom. The lowest BCUT2D eigenvalue weighted by molar-refractivity contribution is -0.144. The van der Waals surface area contributed by atoms with Crippen LogP contribution in [0.15, 0.2) is 48.5 Å². The van der Waals surface area contributed by atoms with E-state index in [4.69, 9.17) is 18.9 Å². The summed E-state index contributed by atoms with van der Waals surface area (Å²) < 4.78 is 21.6. The van der Waals surface area contributed by atoms with Gasteiger partial charge >= 0.3 is 12.1 Å². The number of carbonyl (C=O) groups excluding carboxylic acids is 3. The molecule has 1 aliphatic heterocycles. The van der Waals surface area contributed by atoms with E-state index >= 15 is 0 Å². The summed E-state index contributed by atoms with van der Waals surface area (Å²) in [6, 6.07) is 14.6. The highest BCUT2D eigenvalue weighted by atomic mass is 16.6. The molecule has 2 aromatic rings. The molecule has 0 saturated heterocycles. The summed E-state index contributed by atoms with van der Waals surface area (Å²) in [5, 5.41) is 0. The van der Waals surface area contributed by atoms with Crippen LogP contribution in [0.4, 0.5) is 10.5 Å². The van der Waals surface area contributed by atoms with Gasteiger partial charge in [0.25, 0.3) is 5.91 Å². The molecule has 0 bridgehead atoms. The highest BCUT2D eigenvalue weighted by Crippen LogP contribution is 2.31. The molecule has 2 aromatic carbocycles. The molecule has 0 unspecified atom stereocenters. The quantitative estimate of drug-likeness (QED) is 0.449. The molecule has 0 fully saturated rings. The van der Waals surface area contributed by atoms with Gasteiger partial charge in [-0.2, -0.15) is 0 Å². The predicted octanol–water partition coefficient (Wildman–Crippen LogP) is 3.65. The normalized spacial score (nSPS) is 12.6. The van der Waals surface area contributed by atoms with E-state index in [1.54, 1.807) is 24.0 Å². The fraction of sp³-hybridized carbons (Fsp3) is 0.423. The maximum atomic E-state index is 12.5. The minimum absolute atomic E-state index is 0.00755. The summed E-state index contributed by atoms with van der Waals surface area (Å²) in [5.41, 5.74) is 1.54. The van der Waals surface area contributed by atoms with Gasteiger partial charge in [-0.1, -0.05) is 38.1 Å². The Balaban J connectivity index is 1.56. The van der Waals surface area contributed by atoms with Crippen LogP contribution in [-0.2, 0) is 25.6 Å². The molecule has 1 aliphatic rings. The van der Waals surface area contributed by atoms with E-state index < -0.39 is 12.1 Å². The van der Waals surface area contributed by atoms with Crippen molar-refractivity contribution in [3.05, 3.63) is 54.1 Å². The second-order valence-corrected chi connectivity index (χ2v) is 8.43. The molecule has 188 valence electrons. The highest BCUT2D eigenvalue weighted by molar-refractivity contribution is 5.97. The van der Waals surface area contributed by atoms with Crippen molar-refractivity contribution in [3.8, 4) is 11.5 Å². The number of carbonyl (C=O) groups is 3. The van der Waals surface area contributed by atoms with Crippen LogP contribution in [0.25, 0.3) is 0 Å². The summed E-state index contributed by atoms with van der Waals surface area (Å²) in [6.07, 6.45) is -0.567. The van der Waals surface area contributed by atoms with Crippen LogP contribution in [0.1, 0.15) is 26.3 Å². The number of esters is 1. The maximum Gasteiger partial charge on any atom is 0.410 e. The lowest BCUT2D eigenvalue weighted by atomic mass is 10.2. The third-order valence-electron chi connectivity index (χ3n) is 5.11. The average Bonchev–Trinajstić information content (AvgIpc) is 2.84. The minimum atomic E-state index is -0.567. The van der Waals surface area contributed by atoms with Crippen LogP contribution >= 0.6 is 0 Å². The molecular formula is C26H32N2O7. The van der Waals surface area contributed by atoms with Crippen LogP contribution in [0, 0.1) is 5.92 Å². The predicted molar refractivity (Wildman–Crippen MR) is 129 cm³/mol. The van der Waals surface area contributed by atoms with Crippen molar-refractivity contribution < 1.29 is 33.3 Å². The molecule has 35 heavy (non-hydrogen) atoms. The Hall–Kier alpha value is -3.75. The number of benzene rings is 2. The van der Waals surface area contributed by atoms with Gasteiger partial charge in [-0.05, 0) is 42.7 Å². The van der Waals surface area contributed by atoms with Crippen LogP contribution in [-0.4, -0.2) is 62.4 Å². The number of amides is 2. The molecule has 9 nitrogen and oxygen atoms in total. The molecule has 2 amide bonds. The van der Waals surface area contributed by atoms with E-state index in [1.807, 2.05) is 50.2 Å². The summed E-state index contributed by atoms with van der Waals surface area (Å²) in [6.45, 7) is 6.78. The Morgan fingerprint density at radius 2 is 1.83 bits per heavy atom. The lowest BCUT2D eigenvalue weighted by Crippen LogP contribution is -2.41. The number of hydrogen-bond acceptors (Lipinski definition) is 7. The van der Waals surface area contributed by atoms with Crippen molar-refractivity contribution in [2.45, 2.75) is 27.3 Å². The Bertz CT molecular complexity index is 1010. The number of rotatable bonds is 11. The molecule has 0 aromatic heterocycles. The summed E-state index contributed by atoms with van der Waals surface area (Å²) in [4.78, 5) is 39.7. The fourth-order valence-corrected chi connectivity index (χ4v) is 3.44. The standard InChI is InChI=1S/C26H32N2O7/c1-4-32-25(30)16-27(26(31)35-17-19(2)3)15-20-9-11-21(12-10-20)33-14-13-28-22-7-5-6-8-23(22)34-18-24(28)29/h5-12,19H,4,13-18H2,1-3H3. The van der Waals surface area contributed by atoms with Crippen molar-refractivity contribution in [2.24, 2.45) is 5.92 Å². The average molecular weight is 485 g/mol. The van der Waals surface area contributed by atoms with Gasteiger partial charge in [0, 0.05) is 6.54 Å². The van der Waals surface area contributed by atoms with E-state index in [-0.39, 0.29) is 44.7 Å². The van der Waals surface area contributed by atoms with E-state index in [1.165, 1.54) is 4.90 Å². The van der Waals surface area contributed by atoms with E-state index in [2.05, 4.69) is 0 Å². The molecule has 9 heteroatoms. The molecule has 0 saturated carbocycles. The van der Waals surface area contributed by atoms with Gasteiger partial charge in [-0.15, -0.1) is 0 Å². The van der Waals surface area contributed by atoms with Gasteiger partial charge in [0.15, 0.2) is 6.61 Å². The first kappa shape index (κ1) is 25.9. The number of anilines is 1. The van der Waals surface area contributed by atoms with Crippen LogP contribution in [0.3, 0.4) is 0 Å². The van der Waals surface area contributed by atoms with Crippen molar-refractivity contribution in [1.82, 2.24) is 4.90 Å². The Morgan fingerprint density at radius 1 is 1.09 bits per heavy atom. The summed E-state index contributed by atoms with van der Waals surface area (Å²) >= 11 is 0. The van der Waals surface area contributed by atoms with E-state index in [0.717, 1.165) is 11.3 Å². The van der Waals surface area contributed by atoms with Crippen molar-refractivity contribution in [1.29, 1.82) is 0 Å². The Kier molecular flexibility index (Phi) is 9.34. The zero-order valence-corrected chi connectivity index (χ0v) is 20.4. The molecule has 0 aliphatic carbocycles. The number of fused-ring (bicyclic) bond motifs is 1. The van der Waals surface area contributed by atoms with Crippen LogP contribution < -0.4 is 14.4 Å². The third kappa shape index (κ3) is 7.63. The van der Waals surface area contributed by atoms with Crippen LogP contribution in [0.2, 0.25) is 0 Å². The van der Waals surface area contributed by atoms with E-state index in [9.17, 15) is 14.4 Å². The number of nitrogens with zero attached hydrogens (tertiary/aromatic N) is 2. The van der Waals surface area contributed by atoms with Gasteiger partial charge < -0.3 is 23.8 Å². The molecule has 3 rings (SSSR count). The lowest BCUT2D eigenvalue weighted by Gasteiger charge is -2.29. The highest BCUT2D eigenvalue weighted by Gasteiger charge is 2.25. The molecular weight excluding hydrogens is 452 g/mol. The van der Waals surface area contributed by atoms with Gasteiger partial charge in [0.1, 0.15) is 24.7 Å². The summed E-state index contributed by atoms with van der Waals surface area (Å²) in [7, 11) is 0. The largest absolute Gasteiger partial charge is 0.492 e. The van der Waals surface area contributed by atoms with Crippen molar-refractivity contribution in [2.75, 3.05) is 44.4 Å². The van der Waals surface area contributed by atoms with Gasteiger partial charge in [0.05, 0.1) is 25.4 Å². The SMILES string of the molecule is CCOC(=O)CN(Cc1ccc(OCCN2C(=O)COc3ccccc32)cc1)C(=O)OCC(C)C.